The highest BCUT2D eigenvalue weighted by atomic mass is 35.5. The van der Waals surface area contributed by atoms with Crippen molar-refractivity contribution in [3.8, 4) is 5.75 Å². The molecule has 0 radical (unpaired) electrons. The molecule has 0 N–H and O–H groups in total. The number of carbonyl (C=O) groups excluding carboxylic acids is 4. The number of allylic oxidation sites excluding steroid dienone is 2. The van der Waals surface area contributed by atoms with E-state index >= 15 is 0 Å². The molecule has 5 rings (SSSR count). The summed E-state index contributed by atoms with van der Waals surface area (Å²) in [4.78, 5) is 54.0. The second-order valence-corrected chi connectivity index (χ2v) is 9.78. The Morgan fingerprint density at radius 3 is 2.51 bits per heavy atom. The molecule has 7 nitrogen and oxygen atoms in total. The van der Waals surface area contributed by atoms with Crippen LogP contribution in [0.2, 0.25) is 5.02 Å². The van der Waals surface area contributed by atoms with Crippen molar-refractivity contribution < 1.29 is 23.9 Å². The van der Waals surface area contributed by atoms with Crippen molar-refractivity contribution in [1.29, 1.82) is 0 Å². The Labute approximate surface area is 208 Å². The highest BCUT2D eigenvalue weighted by molar-refractivity contribution is 6.31. The zero-order valence-corrected chi connectivity index (χ0v) is 20.2. The summed E-state index contributed by atoms with van der Waals surface area (Å²) < 4.78 is 5.53. The topological polar surface area (TPSA) is 84.0 Å². The maximum atomic E-state index is 13.0. The molecule has 3 amide bonds. The van der Waals surface area contributed by atoms with E-state index in [0.717, 1.165) is 5.56 Å². The average molecular weight is 493 g/mol. The van der Waals surface area contributed by atoms with Gasteiger partial charge in [-0.15, -0.1) is 0 Å². The van der Waals surface area contributed by atoms with Crippen LogP contribution in [0.3, 0.4) is 0 Å². The van der Waals surface area contributed by atoms with Gasteiger partial charge in [-0.1, -0.05) is 36.7 Å². The van der Waals surface area contributed by atoms with Gasteiger partial charge < -0.3 is 9.64 Å². The Kier molecular flexibility index (Phi) is 5.97. The molecule has 8 heteroatoms. The molecule has 0 aromatic heterocycles. The third kappa shape index (κ3) is 4.04. The molecule has 180 valence electrons. The van der Waals surface area contributed by atoms with Crippen LogP contribution < -0.4 is 14.5 Å². The van der Waals surface area contributed by atoms with E-state index in [0.29, 0.717) is 22.8 Å². The van der Waals surface area contributed by atoms with Gasteiger partial charge in [-0.3, -0.25) is 24.1 Å². The maximum Gasteiger partial charge on any atom is 0.316 e. The van der Waals surface area contributed by atoms with Crippen LogP contribution in [0.15, 0.2) is 54.6 Å². The normalized spacial score (nSPS) is 25.9. The smallest absolute Gasteiger partial charge is 0.316 e. The zero-order valence-electron chi connectivity index (χ0n) is 19.4. The molecule has 2 heterocycles. The molecule has 0 spiro atoms. The summed E-state index contributed by atoms with van der Waals surface area (Å²) >= 11 is 6.19. The second-order valence-electron chi connectivity index (χ2n) is 9.37. The van der Waals surface area contributed by atoms with Crippen LogP contribution in [-0.4, -0.2) is 30.2 Å². The summed E-state index contributed by atoms with van der Waals surface area (Å²) in [6.45, 7) is 4.00. The van der Waals surface area contributed by atoms with E-state index in [9.17, 15) is 19.2 Å². The van der Waals surface area contributed by atoms with Gasteiger partial charge in [0.25, 0.3) is 0 Å². The molecule has 2 fully saturated rings. The van der Waals surface area contributed by atoms with E-state index in [1.54, 1.807) is 47.4 Å². The van der Waals surface area contributed by atoms with Crippen LogP contribution in [0, 0.1) is 30.6 Å². The molecule has 0 bridgehead atoms. The summed E-state index contributed by atoms with van der Waals surface area (Å²) in [7, 11) is 0. The Morgan fingerprint density at radius 1 is 1.06 bits per heavy atom. The van der Waals surface area contributed by atoms with Gasteiger partial charge in [-0.2, -0.15) is 0 Å². The van der Waals surface area contributed by atoms with Gasteiger partial charge in [0.1, 0.15) is 5.75 Å². The summed E-state index contributed by atoms with van der Waals surface area (Å²) in [5.41, 5.74) is 1.93. The van der Waals surface area contributed by atoms with Crippen molar-refractivity contribution in [1.82, 2.24) is 0 Å². The minimum Gasteiger partial charge on any atom is -0.426 e. The van der Waals surface area contributed by atoms with Crippen molar-refractivity contribution in [2.75, 3.05) is 16.3 Å². The van der Waals surface area contributed by atoms with Gasteiger partial charge in [0.2, 0.25) is 17.7 Å². The van der Waals surface area contributed by atoms with Crippen molar-refractivity contribution in [3.63, 3.8) is 0 Å². The largest absolute Gasteiger partial charge is 0.426 e. The number of benzene rings is 2. The first-order valence-corrected chi connectivity index (χ1v) is 12.1. The molecule has 2 aromatic rings. The van der Waals surface area contributed by atoms with Gasteiger partial charge in [-0.25, -0.2) is 0 Å². The Morgan fingerprint density at radius 2 is 1.80 bits per heavy atom. The van der Waals surface area contributed by atoms with E-state index in [1.165, 1.54) is 4.90 Å². The van der Waals surface area contributed by atoms with Gasteiger partial charge in [0.05, 0.1) is 23.4 Å². The number of imide groups is 1. The second kappa shape index (κ2) is 8.96. The van der Waals surface area contributed by atoms with Gasteiger partial charge in [0, 0.05) is 23.7 Å². The first-order chi connectivity index (χ1) is 16.8. The molecule has 2 aromatic carbocycles. The number of hydrogen-bond donors (Lipinski definition) is 0. The zero-order chi connectivity index (χ0) is 24.9. The summed E-state index contributed by atoms with van der Waals surface area (Å²) in [5, 5.41) is 0.557. The van der Waals surface area contributed by atoms with E-state index < -0.39 is 11.9 Å². The minimum absolute atomic E-state index is 0.0137. The van der Waals surface area contributed by atoms with Gasteiger partial charge in [-0.05, 0) is 61.2 Å². The number of rotatable bonds is 4. The van der Waals surface area contributed by atoms with Crippen LogP contribution in [0.1, 0.15) is 25.3 Å². The number of halogens is 1. The quantitative estimate of drug-likeness (QED) is 0.275. The van der Waals surface area contributed by atoms with Gasteiger partial charge in [0.15, 0.2) is 0 Å². The lowest BCUT2D eigenvalue weighted by Gasteiger charge is -2.22. The average Bonchev–Trinajstić information content (AvgIpc) is 3.34. The monoisotopic (exact) mass is 492 g/mol. The summed E-state index contributed by atoms with van der Waals surface area (Å²) in [5.74, 6) is -2.03. The molecule has 1 aliphatic carbocycles. The SMILES string of the molecule is Cc1c(Cl)cccc1N1C[C@H](C(=O)Oc2ccc(N3C(=O)[C@H]4[C@@H](C)C=CC[C@H]4C3=O)cc2)CC1=O. The first kappa shape index (κ1) is 23.3. The van der Waals surface area contributed by atoms with Crippen molar-refractivity contribution >= 4 is 46.7 Å². The number of fused-ring (bicyclic) bond motifs is 1. The van der Waals surface area contributed by atoms with Crippen molar-refractivity contribution in [2.24, 2.45) is 23.7 Å². The predicted octanol–water partition coefficient (Wildman–Crippen LogP) is 4.31. The molecule has 3 aliphatic rings. The molecule has 0 saturated carbocycles. The molecular formula is C27H25ClN2O5. The lowest BCUT2D eigenvalue weighted by atomic mass is 9.78. The fourth-order valence-electron chi connectivity index (χ4n) is 5.25. The summed E-state index contributed by atoms with van der Waals surface area (Å²) in [6, 6.07) is 11.7. The molecule has 2 saturated heterocycles. The lowest BCUT2D eigenvalue weighted by molar-refractivity contribution is -0.139. The van der Waals surface area contributed by atoms with E-state index in [4.69, 9.17) is 16.3 Å². The first-order valence-electron chi connectivity index (χ1n) is 11.7. The predicted molar refractivity (Wildman–Crippen MR) is 131 cm³/mol. The Balaban J connectivity index is 1.26. The van der Waals surface area contributed by atoms with Crippen molar-refractivity contribution in [3.05, 3.63) is 65.2 Å². The third-order valence-electron chi connectivity index (χ3n) is 7.17. The van der Waals surface area contributed by atoms with Crippen LogP contribution in [0.25, 0.3) is 0 Å². The van der Waals surface area contributed by atoms with Crippen LogP contribution >= 0.6 is 11.6 Å². The molecule has 2 aliphatic heterocycles. The number of hydrogen-bond acceptors (Lipinski definition) is 5. The number of anilines is 2. The van der Waals surface area contributed by atoms with Gasteiger partial charge >= 0.3 is 5.97 Å². The molecule has 4 atom stereocenters. The lowest BCUT2D eigenvalue weighted by Crippen LogP contribution is -2.31. The van der Waals surface area contributed by atoms with Crippen LogP contribution in [0.4, 0.5) is 11.4 Å². The Hall–Kier alpha value is -3.45. The molecular weight excluding hydrogens is 468 g/mol. The number of esters is 1. The highest BCUT2D eigenvalue weighted by Crippen LogP contribution is 2.40. The number of amides is 3. The number of carbonyl (C=O) groups is 4. The molecule has 35 heavy (non-hydrogen) atoms. The minimum atomic E-state index is -0.612. The van der Waals surface area contributed by atoms with Crippen LogP contribution in [0.5, 0.6) is 5.75 Å². The Bertz CT molecular complexity index is 1250. The maximum absolute atomic E-state index is 13.0. The summed E-state index contributed by atoms with van der Waals surface area (Å²) in [6.07, 6.45) is 4.57. The third-order valence-corrected chi connectivity index (χ3v) is 7.58. The number of ether oxygens (including phenoxy) is 1. The standard InChI is InChI=1S/C27H25ClN2O5/c1-15-5-3-6-20-24(15)26(33)30(25(20)32)18-9-11-19(12-10-18)35-27(34)17-13-23(31)29(14-17)22-8-4-7-21(28)16(22)2/h3-5,7-12,15,17,20,24H,6,13-14H2,1-2H3/t15-,17+,20+,24-/m0/s1. The number of nitrogens with zero attached hydrogens (tertiary/aromatic N) is 2. The van der Waals surface area contributed by atoms with Crippen molar-refractivity contribution in [2.45, 2.75) is 26.7 Å². The van der Waals surface area contributed by atoms with E-state index in [-0.39, 0.29) is 54.2 Å². The highest BCUT2D eigenvalue weighted by Gasteiger charge is 2.50. The van der Waals surface area contributed by atoms with E-state index in [1.807, 2.05) is 26.0 Å². The fourth-order valence-corrected chi connectivity index (χ4v) is 5.42. The van der Waals surface area contributed by atoms with Crippen LogP contribution in [-0.2, 0) is 19.2 Å². The molecule has 0 unspecified atom stereocenters. The van der Waals surface area contributed by atoms with E-state index in [2.05, 4.69) is 0 Å². The fraction of sp³-hybridized carbons (Fsp3) is 0.333.